The fraction of sp³-hybridized carbons (Fsp3) is 0.421. The number of rotatable bonds is 7. The number of benzene rings is 1. The molecule has 2 aromatic heterocycles. The van der Waals surface area contributed by atoms with Crippen molar-refractivity contribution in [2.45, 2.75) is 37.6 Å². The smallest absolute Gasteiger partial charge is 0.231 e. The van der Waals surface area contributed by atoms with Gasteiger partial charge in [0.2, 0.25) is 5.91 Å². The Labute approximate surface area is 172 Å². The molecule has 9 heteroatoms. The summed E-state index contributed by atoms with van der Waals surface area (Å²) in [6, 6.07) is 10.5. The molecule has 28 heavy (non-hydrogen) atoms. The summed E-state index contributed by atoms with van der Waals surface area (Å²) in [6.07, 6.45) is 3.52. The first-order valence-electron chi connectivity index (χ1n) is 9.23. The lowest BCUT2D eigenvalue weighted by Gasteiger charge is -2.31. The molecular formula is C19H22ClN5O2S. The zero-order valence-corrected chi connectivity index (χ0v) is 16.8. The van der Waals surface area contributed by atoms with Gasteiger partial charge in [-0.2, -0.15) is 4.37 Å². The lowest BCUT2D eigenvalue weighted by Crippen LogP contribution is -2.28. The van der Waals surface area contributed by atoms with Gasteiger partial charge in [-0.3, -0.25) is 4.79 Å². The third-order valence-corrected chi connectivity index (χ3v) is 5.87. The van der Waals surface area contributed by atoms with Gasteiger partial charge in [-0.15, -0.1) is 0 Å². The Bertz CT molecular complexity index is 959. The zero-order valence-electron chi connectivity index (χ0n) is 15.3. The van der Waals surface area contributed by atoms with Crippen LogP contribution < -0.4 is 11.1 Å². The van der Waals surface area contributed by atoms with Gasteiger partial charge in [0.25, 0.3) is 0 Å². The maximum absolute atomic E-state index is 10.8. The number of hydrogen-bond acceptors (Lipinski definition) is 6. The molecule has 1 amide bonds. The van der Waals surface area contributed by atoms with E-state index in [1.807, 2.05) is 0 Å². The highest BCUT2D eigenvalue weighted by Gasteiger charge is 2.32. The maximum Gasteiger partial charge on any atom is 0.231 e. The van der Waals surface area contributed by atoms with E-state index >= 15 is 0 Å². The Kier molecular flexibility index (Phi) is 5.91. The lowest BCUT2D eigenvalue weighted by atomic mass is 9.95. The van der Waals surface area contributed by atoms with Crippen molar-refractivity contribution >= 4 is 39.9 Å². The first-order chi connectivity index (χ1) is 13.6. The summed E-state index contributed by atoms with van der Waals surface area (Å²) in [5, 5.41) is 4.98. The number of primary amides is 1. The summed E-state index contributed by atoms with van der Waals surface area (Å²) in [6.45, 7) is 1.45. The number of fused-ring (bicyclic) bond motifs is 1. The van der Waals surface area contributed by atoms with Crippen molar-refractivity contribution in [3.63, 3.8) is 0 Å². The summed E-state index contributed by atoms with van der Waals surface area (Å²) in [4.78, 5) is 15.4. The second kappa shape index (κ2) is 8.57. The van der Waals surface area contributed by atoms with Crippen LogP contribution >= 0.6 is 23.1 Å². The largest absolute Gasteiger partial charge is 0.369 e. The molecule has 1 aromatic carbocycles. The van der Waals surface area contributed by atoms with E-state index in [4.69, 9.17) is 22.1 Å². The van der Waals surface area contributed by atoms with Crippen molar-refractivity contribution in [3.05, 3.63) is 47.4 Å². The molecule has 4 rings (SSSR count). The Morgan fingerprint density at radius 2 is 2.21 bits per heavy atom. The number of nitrogens with zero attached hydrogens (tertiary/aromatic N) is 3. The lowest BCUT2D eigenvalue weighted by molar-refractivity contribution is -0.117. The van der Waals surface area contributed by atoms with Crippen molar-refractivity contribution in [2.24, 2.45) is 11.7 Å². The normalized spacial score (nSPS) is 22.5. The van der Waals surface area contributed by atoms with Crippen LogP contribution in [0.3, 0.4) is 0 Å². The highest BCUT2D eigenvalue weighted by molar-refractivity contribution is 7.05. The van der Waals surface area contributed by atoms with Crippen LogP contribution in [0.25, 0.3) is 10.9 Å². The van der Waals surface area contributed by atoms with E-state index in [0.29, 0.717) is 18.3 Å². The molecule has 0 spiro atoms. The molecule has 3 heterocycles. The van der Waals surface area contributed by atoms with Crippen LogP contribution in [-0.2, 0) is 22.6 Å². The van der Waals surface area contributed by atoms with Crippen LogP contribution in [0.2, 0.25) is 0 Å². The van der Waals surface area contributed by atoms with E-state index in [1.54, 1.807) is 0 Å². The number of hydrogen-bond donors (Lipinski definition) is 2. The molecule has 0 aliphatic carbocycles. The van der Waals surface area contributed by atoms with Crippen molar-refractivity contribution in [3.8, 4) is 0 Å². The predicted octanol–water partition coefficient (Wildman–Crippen LogP) is 2.80. The number of carbonyl (C=O) groups excluding carboxylic acids is 1. The average molecular weight is 420 g/mol. The van der Waals surface area contributed by atoms with Gasteiger partial charge < -0.3 is 20.4 Å². The van der Waals surface area contributed by atoms with Crippen LogP contribution in [0.15, 0.2) is 36.5 Å². The van der Waals surface area contributed by atoms with Gasteiger partial charge in [-0.25, -0.2) is 4.98 Å². The number of halogens is 1. The maximum atomic E-state index is 10.8. The Hall–Kier alpha value is -2.00. The van der Waals surface area contributed by atoms with Crippen LogP contribution in [0.1, 0.15) is 29.8 Å². The second-order valence-corrected chi connectivity index (χ2v) is 8.34. The Morgan fingerprint density at radius 3 is 3.07 bits per heavy atom. The standard InChI is InChI=1S/C19H22ClN5O2S/c20-16-8-12(11-25-6-5-13-3-1-2-4-14(13)25)7-15(27-16)19-23-18(28-24-19)10-22-9-17(21)26/h1-6,12,15-16,22H,7-11H2,(H2,21,26). The van der Waals surface area contributed by atoms with Gasteiger partial charge in [0, 0.05) is 24.8 Å². The van der Waals surface area contributed by atoms with Gasteiger partial charge in [0.1, 0.15) is 16.7 Å². The summed E-state index contributed by atoms with van der Waals surface area (Å²) in [5.74, 6) is 0.635. The highest BCUT2D eigenvalue weighted by Crippen LogP contribution is 2.36. The van der Waals surface area contributed by atoms with Gasteiger partial charge in [-0.1, -0.05) is 29.8 Å². The molecule has 3 atom stereocenters. The third-order valence-electron chi connectivity index (χ3n) is 4.86. The summed E-state index contributed by atoms with van der Waals surface area (Å²) in [7, 11) is 0. The minimum absolute atomic E-state index is 0.117. The summed E-state index contributed by atoms with van der Waals surface area (Å²) in [5.41, 5.74) is 6.00. The molecule has 1 fully saturated rings. The van der Waals surface area contributed by atoms with Crippen LogP contribution in [0.5, 0.6) is 0 Å². The van der Waals surface area contributed by atoms with Crippen LogP contribution in [0, 0.1) is 5.92 Å². The Morgan fingerprint density at radius 1 is 1.36 bits per heavy atom. The molecule has 7 nitrogen and oxygen atoms in total. The molecular weight excluding hydrogens is 398 g/mol. The summed E-state index contributed by atoms with van der Waals surface area (Å²) >= 11 is 7.69. The highest BCUT2D eigenvalue weighted by atomic mass is 35.5. The minimum atomic E-state index is -0.397. The van der Waals surface area contributed by atoms with E-state index in [1.165, 1.54) is 22.4 Å². The number of carbonyl (C=O) groups is 1. The molecule has 148 valence electrons. The van der Waals surface area contributed by atoms with Crippen molar-refractivity contribution < 1.29 is 9.53 Å². The van der Waals surface area contributed by atoms with Crippen molar-refractivity contribution in [2.75, 3.05) is 6.54 Å². The molecule has 1 aliphatic heterocycles. The number of alkyl halides is 1. The van der Waals surface area contributed by atoms with Gasteiger partial charge in [0.05, 0.1) is 6.54 Å². The van der Waals surface area contributed by atoms with Crippen LogP contribution in [0.4, 0.5) is 0 Å². The molecule has 1 saturated heterocycles. The molecule has 3 aromatic rings. The SMILES string of the molecule is NC(=O)CNCc1nc(C2CC(Cn3ccc4ccccc43)CC(Cl)O2)ns1. The number of nitrogens with two attached hydrogens (primary N) is 1. The zero-order chi connectivity index (χ0) is 19.5. The van der Waals surface area contributed by atoms with E-state index in [-0.39, 0.29) is 18.2 Å². The fourth-order valence-corrected chi connectivity index (χ4v) is 4.64. The number of nitrogens with one attached hydrogen (secondary N) is 1. The van der Waals surface area contributed by atoms with E-state index in [2.05, 4.69) is 55.8 Å². The topological polar surface area (TPSA) is 95.1 Å². The molecule has 3 unspecified atom stereocenters. The average Bonchev–Trinajstić information content (AvgIpc) is 3.29. The molecule has 0 radical (unpaired) electrons. The summed E-state index contributed by atoms with van der Waals surface area (Å²) < 4.78 is 12.6. The number of para-hydroxylation sites is 1. The van der Waals surface area contributed by atoms with Crippen LogP contribution in [-0.4, -0.2) is 31.9 Å². The second-order valence-electron chi connectivity index (χ2n) is 7.02. The molecule has 1 aliphatic rings. The quantitative estimate of drug-likeness (QED) is 0.574. The first kappa shape index (κ1) is 19.3. The van der Waals surface area contributed by atoms with Gasteiger partial charge in [-0.05, 0) is 47.8 Å². The van der Waals surface area contributed by atoms with Gasteiger partial charge in [0.15, 0.2) is 5.82 Å². The van der Waals surface area contributed by atoms with E-state index in [0.717, 1.165) is 24.4 Å². The van der Waals surface area contributed by atoms with Gasteiger partial charge >= 0.3 is 0 Å². The molecule has 0 saturated carbocycles. The third kappa shape index (κ3) is 4.52. The number of aromatic nitrogens is 3. The molecule has 3 N–H and O–H groups in total. The molecule has 0 bridgehead atoms. The predicted molar refractivity (Wildman–Crippen MR) is 109 cm³/mol. The number of ether oxygens (including phenoxy) is 1. The fourth-order valence-electron chi connectivity index (χ4n) is 3.61. The first-order valence-corrected chi connectivity index (χ1v) is 10.4. The Balaban J connectivity index is 1.42. The van der Waals surface area contributed by atoms with E-state index in [9.17, 15) is 4.79 Å². The minimum Gasteiger partial charge on any atom is -0.369 e. The van der Waals surface area contributed by atoms with E-state index < -0.39 is 5.91 Å². The van der Waals surface area contributed by atoms with Crippen molar-refractivity contribution in [1.82, 2.24) is 19.2 Å². The van der Waals surface area contributed by atoms with Crippen molar-refractivity contribution in [1.29, 1.82) is 0 Å². The number of amides is 1. The monoisotopic (exact) mass is 419 g/mol.